The second-order valence-corrected chi connectivity index (χ2v) is 8.67. The average molecular weight is 412 g/mol. The van der Waals surface area contributed by atoms with Crippen LogP contribution in [0, 0.1) is 0 Å². The van der Waals surface area contributed by atoms with Gasteiger partial charge in [-0.2, -0.15) is 0 Å². The molecule has 0 saturated heterocycles. The van der Waals surface area contributed by atoms with Crippen molar-refractivity contribution < 1.29 is 22.7 Å². The lowest BCUT2D eigenvalue weighted by Gasteiger charge is -2.12. The van der Waals surface area contributed by atoms with Crippen molar-refractivity contribution in [1.82, 2.24) is 14.9 Å². The molecule has 0 aliphatic heterocycles. The van der Waals surface area contributed by atoms with Gasteiger partial charge >= 0.3 is 0 Å². The summed E-state index contributed by atoms with van der Waals surface area (Å²) >= 11 is 1.33. The minimum absolute atomic E-state index is 0.104. The Morgan fingerprint density at radius 3 is 2.74 bits per heavy atom. The molecule has 1 fully saturated rings. The molecule has 1 aliphatic carbocycles. The number of nitrogens with one attached hydrogen (secondary N) is 2. The van der Waals surface area contributed by atoms with Crippen LogP contribution in [0.25, 0.3) is 0 Å². The van der Waals surface area contributed by atoms with E-state index in [0.29, 0.717) is 11.0 Å². The van der Waals surface area contributed by atoms with E-state index in [1.807, 2.05) is 0 Å². The predicted octanol–water partition coefficient (Wildman–Crippen LogP) is 1.60. The van der Waals surface area contributed by atoms with Gasteiger partial charge in [0.25, 0.3) is 5.91 Å². The maximum absolute atomic E-state index is 12.5. The molecule has 0 radical (unpaired) electrons. The van der Waals surface area contributed by atoms with Crippen LogP contribution in [0.3, 0.4) is 0 Å². The second-order valence-electron chi connectivity index (χ2n) is 5.93. The molecule has 146 valence electrons. The Balaban J connectivity index is 1.79. The summed E-state index contributed by atoms with van der Waals surface area (Å²) in [6, 6.07) is 4.20. The van der Waals surface area contributed by atoms with Gasteiger partial charge in [0.05, 0.1) is 13.7 Å². The van der Waals surface area contributed by atoms with Crippen LogP contribution < -0.4 is 14.8 Å². The highest BCUT2D eigenvalue weighted by Gasteiger charge is 2.28. The predicted molar refractivity (Wildman–Crippen MR) is 99.9 cm³/mol. The van der Waals surface area contributed by atoms with Gasteiger partial charge in [0.2, 0.25) is 15.2 Å². The number of aromatic nitrogens is 2. The van der Waals surface area contributed by atoms with Crippen LogP contribution >= 0.6 is 11.3 Å². The van der Waals surface area contributed by atoms with Crippen LogP contribution in [0.1, 0.15) is 34.1 Å². The number of carbonyl (C=O) groups excluding carboxylic acids is 1. The van der Waals surface area contributed by atoms with Gasteiger partial charge in [-0.3, -0.25) is 10.1 Å². The first-order valence-electron chi connectivity index (χ1n) is 8.26. The molecule has 1 aromatic carbocycles. The van der Waals surface area contributed by atoms with E-state index in [0.717, 1.165) is 17.8 Å². The van der Waals surface area contributed by atoms with Gasteiger partial charge in [0.1, 0.15) is 15.7 Å². The molecule has 1 amide bonds. The number of anilines is 1. The van der Waals surface area contributed by atoms with Crippen molar-refractivity contribution in [3.63, 3.8) is 0 Å². The van der Waals surface area contributed by atoms with E-state index < -0.39 is 15.9 Å². The van der Waals surface area contributed by atoms with Crippen LogP contribution in [0.4, 0.5) is 5.13 Å². The smallest absolute Gasteiger partial charge is 0.257 e. The number of sulfonamides is 1. The van der Waals surface area contributed by atoms with Crippen molar-refractivity contribution >= 4 is 32.4 Å². The third-order valence-corrected chi connectivity index (χ3v) is 6.38. The Bertz CT molecular complexity index is 925. The van der Waals surface area contributed by atoms with Gasteiger partial charge in [-0.25, -0.2) is 13.1 Å². The number of carbonyl (C=O) groups is 1. The zero-order chi connectivity index (χ0) is 19.4. The second kappa shape index (κ2) is 8.30. The van der Waals surface area contributed by atoms with Crippen LogP contribution in [0.5, 0.6) is 5.75 Å². The molecule has 2 N–H and O–H groups in total. The summed E-state index contributed by atoms with van der Waals surface area (Å²) in [6.45, 7) is 0.329. The van der Waals surface area contributed by atoms with E-state index in [9.17, 15) is 13.2 Å². The molecular weight excluding hydrogens is 392 g/mol. The summed E-state index contributed by atoms with van der Waals surface area (Å²) in [6.07, 6.45) is 2.19. The normalized spacial score (nSPS) is 14.1. The van der Waals surface area contributed by atoms with E-state index in [1.165, 1.54) is 43.8 Å². The zero-order valence-electron chi connectivity index (χ0n) is 14.9. The Morgan fingerprint density at radius 1 is 1.30 bits per heavy atom. The fraction of sp³-hybridized carbons (Fsp3) is 0.438. The zero-order valence-corrected chi connectivity index (χ0v) is 16.5. The van der Waals surface area contributed by atoms with Gasteiger partial charge in [-0.05, 0) is 31.0 Å². The highest BCUT2D eigenvalue weighted by molar-refractivity contribution is 7.89. The topological polar surface area (TPSA) is 120 Å². The molecular formula is C16H20N4O5S2. The van der Waals surface area contributed by atoms with Gasteiger partial charge in [-0.15, -0.1) is 10.2 Å². The number of nitrogens with zero attached hydrogens (tertiary/aromatic N) is 2. The lowest BCUT2D eigenvalue weighted by Crippen LogP contribution is -2.28. The summed E-state index contributed by atoms with van der Waals surface area (Å²) in [5.41, 5.74) is 0.172. The molecule has 0 unspecified atom stereocenters. The van der Waals surface area contributed by atoms with Gasteiger partial charge in [0.15, 0.2) is 0 Å². The Hall–Kier alpha value is -2.08. The van der Waals surface area contributed by atoms with E-state index in [-0.39, 0.29) is 29.4 Å². The lowest BCUT2D eigenvalue weighted by atomic mass is 10.2. The lowest BCUT2D eigenvalue weighted by molar-refractivity contribution is 0.102. The third kappa shape index (κ3) is 4.80. The number of amides is 1. The number of rotatable bonds is 9. The molecule has 0 atom stereocenters. The fourth-order valence-corrected chi connectivity index (χ4v) is 4.45. The third-order valence-electron chi connectivity index (χ3n) is 3.90. The molecule has 0 bridgehead atoms. The van der Waals surface area contributed by atoms with Gasteiger partial charge in [0, 0.05) is 25.1 Å². The van der Waals surface area contributed by atoms with Gasteiger partial charge < -0.3 is 9.47 Å². The van der Waals surface area contributed by atoms with E-state index in [4.69, 9.17) is 9.47 Å². The summed E-state index contributed by atoms with van der Waals surface area (Å²) < 4.78 is 37.4. The van der Waals surface area contributed by atoms with E-state index >= 15 is 0 Å². The van der Waals surface area contributed by atoms with Crippen LogP contribution in [-0.2, 0) is 14.8 Å². The number of hydrogen-bond acceptors (Lipinski definition) is 8. The quantitative estimate of drug-likeness (QED) is 0.600. The maximum atomic E-state index is 12.5. The fourth-order valence-electron chi connectivity index (χ4n) is 2.33. The van der Waals surface area contributed by atoms with Crippen molar-refractivity contribution in [2.75, 3.05) is 32.7 Å². The molecule has 2 aromatic rings. The van der Waals surface area contributed by atoms with Crippen LogP contribution in [-0.4, -0.2) is 51.9 Å². The first kappa shape index (κ1) is 19.7. The first-order valence-corrected chi connectivity index (χ1v) is 10.6. The van der Waals surface area contributed by atoms with Crippen molar-refractivity contribution in [2.45, 2.75) is 23.7 Å². The van der Waals surface area contributed by atoms with Crippen LogP contribution in [0.2, 0.25) is 0 Å². The molecule has 3 rings (SSSR count). The molecule has 27 heavy (non-hydrogen) atoms. The van der Waals surface area contributed by atoms with Crippen molar-refractivity contribution in [1.29, 1.82) is 0 Å². The minimum atomic E-state index is -3.86. The number of methoxy groups -OCH3 is 2. The van der Waals surface area contributed by atoms with Crippen LogP contribution in [0.15, 0.2) is 23.1 Å². The summed E-state index contributed by atoms with van der Waals surface area (Å²) in [5, 5.41) is 12.0. The number of ether oxygens (including phenoxy) is 2. The molecule has 1 saturated carbocycles. The standard InChI is InChI=1S/C16H20N4O5S2/c1-24-8-7-17-27(22,23)13-9-11(5-6-12(13)25-2)14(21)18-16-20-19-15(26-16)10-3-4-10/h5-6,9-10,17H,3-4,7-8H2,1-2H3,(H,18,20,21). The number of hydrogen-bond donors (Lipinski definition) is 2. The summed E-state index contributed by atoms with van der Waals surface area (Å²) in [4.78, 5) is 12.4. The van der Waals surface area contributed by atoms with E-state index in [2.05, 4.69) is 20.2 Å². The summed E-state index contributed by atoms with van der Waals surface area (Å²) in [5.74, 6) is 0.122. The summed E-state index contributed by atoms with van der Waals surface area (Å²) in [7, 11) is -1.02. The molecule has 11 heteroatoms. The minimum Gasteiger partial charge on any atom is -0.495 e. The molecule has 1 aliphatic rings. The maximum Gasteiger partial charge on any atom is 0.257 e. The SMILES string of the molecule is COCCNS(=O)(=O)c1cc(C(=O)Nc2nnc(C3CC3)s2)ccc1OC. The Labute approximate surface area is 161 Å². The molecule has 1 aromatic heterocycles. The number of benzene rings is 1. The Morgan fingerprint density at radius 2 is 2.07 bits per heavy atom. The molecule has 9 nitrogen and oxygen atoms in total. The molecule has 1 heterocycles. The molecule has 0 spiro atoms. The monoisotopic (exact) mass is 412 g/mol. The van der Waals surface area contributed by atoms with Crippen molar-refractivity contribution in [3.05, 3.63) is 28.8 Å². The van der Waals surface area contributed by atoms with E-state index in [1.54, 1.807) is 0 Å². The van der Waals surface area contributed by atoms with Crippen molar-refractivity contribution in [3.8, 4) is 5.75 Å². The highest BCUT2D eigenvalue weighted by Crippen LogP contribution is 2.42. The van der Waals surface area contributed by atoms with Crippen molar-refractivity contribution in [2.24, 2.45) is 0 Å². The Kier molecular flexibility index (Phi) is 6.05. The average Bonchev–Trinajstić information content (AvgIpc) is 3.41. The largest absolute Gasteiger partial charge is 0.495 e. The highest BCUT2D eigenvalue weighted by atomic mass is 32.2. The van der Waals surface area contributed by atoms with Gasteiger partial charge in [-0.1, -0.05) is 11.3 Å². The first-order chi connectivity index (χ1) is 12.9.